The average molecular weight is 553 g/mol. The van der Waals surface area contributed by atoms with Gasteiger partial charge in [-0.25, -0.2) is 9.71 Å². The molecule has 9 nitrogen and oxygen atoms in total. The van der Waals surface area contributed by atoms with E-state index in [-0.39, 0.29) is 12.3 Å². The lowest BCUT2D eigenvalue weighted by atomic mass is 9.89. The summed E-state index contributed by atoms with van der Waals surface area (Å²) in [6.07, 6.45) is 0. The first-order chi connectivity index (χ1) is 18.4. The number of amides is 2. The highest BCUT2D eigenvalue weighted by atomic mass is 32.2. The molecular weight excluding hydrogens is 516 g/mol. The van der Waals surface area contributed by atoms with Gasteiger partial charge in [0.05, 0.1) is 6.61 Å². The SMILES string of the molecule is CCOc1cccc2c1CN(Cc1c(C)cc(C)cc1C)C2(C)C(=O)NS(=O)(=O)c1cccc(NC(C)=O)n1.[HH]. The summed E-state index contributed by atoms with van der Waals surface area (Å²) in [5, 5.41) is 2.09. The summed E-state index contributed by atoms with van der Waals surface area (Å²) < 4.78 is 34.8. The number of carbonyl (C=O) groups excluding carboxylic acids is 2. The fraction of sp³-hybridized carbons (Fsp3) is 0.345. The highest BCUT2D eigenvalue weighted by Gasteiger charge is 2.49. The van der Waals surface area contributed by atoms with Crippen molar-refractivity contribution in [2.75, 3.05) is 11.9 Å². The Morgan fingerprint density at radius 1 is 1.10 bits per heavy atom. The van der Waals surface area contributed by atoms with Crippen molar-refractivity contribution < 1.29 is 24.2 Å². The smallest absolute Gasteiger partial charge is 0.281 e. The lowest BCUT2D eigenvalue weighted by Gasteiger charge is -2.35. The number of pyridine rings is 1. The average Bonchev–Trinajstić information content (AvgIpc) is 3.14. The van der Waals surface area contributed by atoms with E-state index in [2.05, 4.69) is 27.2 Å². The van der Waals surface area contributed by atoms with Crippen LogP contribution in [0.1, 0.15) is 55.6 Å². The summed E-state index contributed by atoms with van der Waals surface area (Å²) in [6, 6.07) is 13.9. The van der Waals surface area contributed by atoms with Crippen molar-refractivity contribution in [1.82, 2.24) is 14.6 Å². The minimum absolute atomic E-state index is 0. The normalized spacial score (nSPS) is 17.0. The summed E-state index contributed by atoms with van der Waals surface area (Å²) >= 11 is 0. The molecule has 1 atom stereocenters. The molecule has 0 saturated heterocycles. The number of nitrogens with zero attached hydrogens (tertiary/aromatic N) is 2. The van der Waals surface area contributed by atoms with Crippen LogP contribution in [0.2, 0.25) is 0 Å². The maximum Gasteiger partial charge on any atom is 0.281 e. The Morgan fingerprint density at radius 2 is 1.77 bits per heavy atom. The molecule has 0 fully saturated rings. The Bertz CT molecular complexity index is 1540. The van der Waals surface area contributed by atoms with Gasteiger partial charge in [-0.15, -0.1) is 0 Å². The number of fused-ring (bicyclic) bond motifs is 1. The summed E-state index contributed by atoms with van der Waals surface area (Å²) in [5.41, 5.74) is 4.64. The van der Waals surface area contributed by atoms with Crippen molar-refractivity contribution in [3.8, 4) is 5.75 Å². The Morgan fingerprint density at radius 3 is 2.41 bits per heavy atom. The first-order valence-corrected chi connectivity index (χ1v) is 14.2. The van der Waals surface area contributed by atoms with Gasteiger partial charge >= 0.3 is 0 Å². The molecule has 0 aliphatic carbocycles. The number of rotatable bonds is 8. The third-order valence-electron chi connectivity index (χ3n) is 7.10. The number of nitrogens with one attached hydrogen (secondary N) is 2. The van der Waals surface area contributed by atoms with E-state index in [9.17, 15) is 18.0 Å². The number of anilines is 1. The van der Waals surface area contributed by atoms with Gasteiger partial charge in [-0.05, 0) is 75.1 Å². The van der Waals surface area contributed by atoms with Gasteiger partial charge in [-0.3, -0.25) is 14.5 Å². The quantitative estimate of drug-likeness (QED) is 0.427. The molecule has 1 aliphatic rings. The molecule has 208 valence electrons. The minimum atomic E-state index is -4.35. The molecule has 0 radical (unpaired) electrons. The largest absolute Gasteiger partial charge is 0.494 e. The Hall–Kier alpha value is -3.76. The second-order valence-corrected chi connectivity index (χ2v) is 11.6. The fourth-order valence-electron chi connectivity index (χ4n) is 5.21. The highest BCUT2D eigenvalue weighted by molar-refractivity contribution is 7.90. The number of carbonyl (C=O) groups is 2. The van der Waals surface area contributed by atoms with Gasteiger partial charge in [-0.1, -0.05) is 35.9 Å². The molecule has 39 heavy (non-hydrogen) atoms. The van der Waals surface area contributed by atoms with Crippen LogP contribution in [0.15, 0.2) is 53.6 Å². The number of hydrogen-bond acceptors (Lipinski definition) is 7. The van der Waals surface area contributed by atoms with Crippen molar-refractivity contribution >= 4 is 27.7 Å². The lowest BCUT2D eigenvalue weighted by Crippen LogP contribution is -2.52. The van der Waals surface area contributed by atoms with E-state index in [1.54, 1.807) is 6.92 Å². The third-order valence-corrected chi connectivity index (χ3v) is 8.33. The monoisotopic (exact) mass is 552 g/mol. The molecule has 1 aromatic heterocycles. The van der Waals surface area contributed by atoms with E-state index in [0.29, 0.717) is 31.0 Å². The first kappa shape index (κ1) is 28.3. The first-order valence-electron chi connectivity index (χ1n) is 12.8. The maximum absolute atomic E-state index is 14.0. The third kappa shape index (κ3) is 5.53. The zero-order chi connectivity index (χ0) is 28.5. The van der Waals surface area contributed by atoms with Gasteiger partial charge in [-0.2, -0.15) is 8.42 Å². The number of benzene rings is 2. The lowest BCUT2D eigenvalue weighted by molar-refractivity contribution is -0.131. The van der Waals surface area contributed by atoms with Crippen molar-refractivity contribution in [2.24, 2.45) is 0 Å². The van der Waals surface area contributed by atoms with Gasteiger partial charge in [0.15, 0.2) is 5.03 Å². The number of aryl methyl sites for hydroxylation is 3. The summed E-state index contributed by atoms with van der Waals surface area (Å²) in [6.45, 7) is 12.3. The standard InChI is InChI=1S/C29H34N4O5S.H2/c1-7-38-25-11-8-10-24-23(25)17-33(16-22-19(3)14-18(2)15-20(22)4)29(24,6)28(35)32-39(36,37)27-13-9-12-26(31-27)30-21(5)34;/h8-15H,7,16-17H2,1-6H3,(H,32,35)(H,30,31,34);1H. The topological polar surface area (TPSA) is 118 Å². The van der Waals surface area contributed by atoms with Crippen LogP contribution >= 0.6 is 0 Å². The second kappa shape index (κ2) is 10.8. The number of aromatic nitrogens is 1. The maximum atomic E-state index is 14.0. The zero-order valence-electron chi connectivity index (χ0n) is 23.1. The van der Waals surface area contributed by atoms with E-state index in [4.69, 9.17) is 4.74 Å². The predicted octanol–water partition coefficient (Wildman–Crippen LogP) is 4.35. The van der Waals surface area contributed by atoms with E-state index in [0.717, 1.165) is 27.8 Å². The summed E-state index contributed by atoms with van der Waals surface area (Å²) in [7, 11) is -4.35. The van der Waals surface area contributed by atoms with Crippen LogP contribution < -0.4 is 14.8 Å². The highest BCUT2D eigenvalue weighted by Crippen LogP contribution is 2.44. The Kier molecular flexibility index (Phi) is 7.81. The van der Waals surface area contributed by atoms with E-state index in [1.807, 2.05) is 50.8 Å². The molecule has 0 spiro atoms. The molecule has 2 heterocycles. The van der Waals surface area contributed by atoms with Crippen LogP contribution in [0, 0.1) is 20.8 Å². The number of sulfonamides is 1. The minimum Gasteiger partial charge on any atom is -0.494 e. The predicted molar refractivity (Wildman–Crippen MR) is 151 cm³/mol. The van der Waals surface area contributed by atoms with Gasteiger partial charge in [0.25, 0.3) is 15.9 Å². The van der Waals surface area contributed by atoms with Crippen molar-refractivity contribution in [2.45, 2.75) is 65.2 Å². The fourth-order valence-corrected chi connectivity index (χ4v) is 6.24. The van der Waals surface area contributed by atoms with Crippen LogP contribution in [-0.2, 0) is 38.2 Å². The number of hydrogen-bond donors (Lipinski definition) is 2. The molecule has 2 aromatic carbocycles. The molecule has 0 bridgehead atoms. The van der Waals surface area contributed by atoms with Gasteiger partial charge in [0.2, 0.25) is 5.91 Å². The molecule has 3 aromatic rings. The molecule has 10 heteroatoms. The summed E-state index contributed by atoms with van der Waals surface area (Å²) in [5.74, 6) is -0.354. The van der Waals surface area contributed by atoms with E-state index < -0.39 is 27.4 Å². The van der Waals surface area contributed by atoms with Crippen LogP contribution in [0.25, 0.3) is 0 Å². The van der Waals surface area contributed by atoms with E-state index >= 15 is 0 Å². The molecule has 4 rings (SSSR count). The zero-order valence-corrected chi connectivity index (χ0v) is 23.9. The molecule has 1 unspecified atom stereocenters. The number of ether oxygens (including phenoxy) is 1. The van der Waals surface area contributed by atoms with Gasteiger partial charge in [0, 0.05) is 27.0 Å². The van der Waals surface area contributed by atoms with Crippen LogP contribution in [-0.4, -0.2) is 36.7 Å². The Labute approximate surface area is 231 Å². The molecule has 0 saturated carbocycles. The van der Waals surface area contributed by atoms with Crippen molar-refractivity contribution in [3.05, 3.63) is 81.9 Å². The second-order valence-electron chi connectivity index (χ2n) is 10.00. The Balaban J connectivity index is 0.00000441. The van der Waals surface area contributed by atoms with E-state index in [1.165, 1.54) is 25.1 Å². The van der Waals surface area contributed by atoms with Crippen LogP contribution in [0.3, 0.4) is 0 Å². The molecule has 2 N–H and O–H groups in total. The molecular formula is C29H36N4O5S. The van der Waals surface area contributed by atoms with Crippen LogP contribution in [0.4, 0.5) is 5.82 Å². The van der Waals surface area contributed by atoms with Gasteiger partial charge < -0.3 is 10.1 Å². The van der Waals surface area contributed by atoms with Crippen molar-refractivity contribution in [1.29, 1.82) is 0 Å². The summed E-state index contributed by atoms with van der Waals surface area (Å²) in [4.78, 5) is 31.4. The van der Waals surface area contributed by atoms with Crippen molar-refractivity contribution in [3.63, 3.8) is 0 Å². The van der Waals surface area contributed by atoms with Crippen LogP contribution in [0.5, 0.6) is 5.75 Å². The van der Waals surface area contributed by atoms with Gasteiger partial charge in [0.1, 0.15) is 17.1 Å². The molecule has 2 amide bonds. The molecule has 1 aliphatic heterocycles.